The standard InChI is InChI=1S/C18H19FN2O2/c19-16-5-7-17(8-6-16)20-18(22)15-3-1-14(2-4-15)13-21-9-11-23-12-10-21/h1-8H,9-13H2,(H,20,22). The van der Waals surface area contributed by atoms with Crippen LogP contribution >= 0.6 is 0 Å². The van der Waals surface area contributed by atoms with E-state index in [-0.39, 0.29) is 11.7 Å². The Morgan fingerprint density at radius 2 is 1.70 bits per heavy atom. The molecule has 0 saturated carbocycles. The number of amides is 1. The van der Waals surface area contributed by atoms with Crippen LogP contribution in [0.25, 0.3) is 0 Å². The Hall–Kier alpha value is -2.24. The van der Waals surface area contributed by atoms with Crippen LogP contribution in [0.3, 0.4) is 0 Å². The van der Waals surface area contributed by atoms with Crippen molar-refractivity contribution in [3.05, 3.63) is 65.5 Å². The predicted octanol–water partition coefficient (Wildman–Crippen LogP) is 2.91. The first-order valence-electron chi connectivity index (χ1n) is 7.67. The topological polar surface area (TPSA) is 41.6 Å². The number of nitrogens with one attached hydrogen (secondary N) is 1. The number of nitrogens with zero attached hydrogens (tertiary/aromatic N) is 1. The number of anilines is 1. The third-order valence-electron chi connectivity index (χ3n) is 3.83. The number of hydrogen-bond donors (Lipinski definition) is 1. The number of halogens is 1. The van der Waals surface area contributed by atoms with E-state index >= 15 is 0 Å². The van der Waals surface area contributed by atoms with Crippen LogP contribution in [0.15, 0.2) is 48.5 Å². The van der Waals surface area contributed by atoms with Crippen molar-refractivity contribution in [3.63, 3.8) is 0 Å². The first-order valence-corrected chi connectivity index (χ1v) is 7.67. The molecule has 0 radical (unpaired) electrons. The van der Waals surface area contributed by atoms with E-state index in [0.717, 1.165) is 32.8 Å². The summed E-state index contributed by atoms with van der Waals surface area (Å²) in [6.07, 6.45) is 0. The molecule has 23 heavy (non-hydrogen) atoms. The second-order valence-electron chi connectivity index (χ2n) is 5.55. The zero-order valence-electron chi connectivity index (χ0n) is 12.8. The van der Waals surface area contributed by atoms with Gasteiger partial charge in [-0.25, -0.2) is 4.39 Å². The van der Waals surface area contributed by atoms with E-state index < -0.39 is 0 Å². The minimum absolute atomic E-state index is 0.200. The highest BCUT2D eigenvalue weighted by Crippen LogP contribution is 2.13. The summed E-state index contributed by atoms with van der Waals surface area (Å²) >= 11 is 0. The minimum Gasteiger partial charge on any atom is -0.379 e. The van der Waals surface area contributed by atoms with Crippen LogP contribution in [-0.2, 0) is 11.3 Å². The monoisotopic (exact) mass is 314 g/mol. The number of hydrogen-bond acceptors (Lipinski definition) is 3. The smallest absolute Gasteiger partial charge is 0.255 e. The fourth-order valence-corrected chi connectivity index (χ4v) is 2.52. The van der Waals surface area contributed by atoms with E-state index in [0.29, 0.717) is 11.3 Å². The summed E-state index contributed by atoms with van der Waals surface area (Å²) < 4.78 is 18.2. The largest absolute Gasteiger partial charge is 0.379 e. The molecule has 1 saturated heterocycles. The van der Waals surface area contributed by atoms with Gasteiger partial charge >= 0.3 is 0 Å². The van der Waals surface area contributed by atoms with Crippen LogP contribution in [0.5, 0.6) is 0 Å². The number of benzene rings is 2. The van der Waals surface area contributed by atoms with Gasteiger partial charge in [0.2, 0.25) is 0 Å². The first-order chi connectivity index (χ1) is 11.2. The fourth-order valence-electron chi connectivity index (χ4n) is 2.52. The lowest BCUT2D eigenvalue weighted by atomic mass is 10.1. The molecule has 0 aromatic heterocycles. The number of rotatable bonds is 4. The molecule has 120 valence electrons. The van der Waals surface area contributed by atoms with Gasteiger partial charge in [-0.15, -0.1) is 0 Å². The number of morpholine rings is 1. The van der Waals surface area contributed by atoms with Gasteiger partial charge in [0.1, 0.15) is 5.82 Å². The molecule has 1 amide bonds. The molecule has 2 aromatic rings. The van der Waals surface area contributed by atoms with E-state index in [1.807, 2.05) is 24.3 Å². The third-order valence-corrected chi connectivity index (χ3v) is 3.83. The average molecular weight is 314 g/mol. The van der Waals surface area contributed by atoms with Gasteiger partial charge in [-0.1, -0.05) is 12.1 Å². The highest BCUT2D eigenvalue weighted by molar-refractivity contribution is 6.04. The maximum Gasteiger partial charge on any atom is 0.255 e. The molecule has 0 aliphatic carbocycles. The normalized spacial score (nSPS) is 15.3. The van der Waals surface area contributed by atoms with Gasteiger partial charge in [0, 0.05) is 30.9 Å². The summed E-state index contributed by atoms with van der Waals surface area (Å²) in [5.74, 6) is -0.523. The first kappa shape index (κ1) is 15.6. The number of carbonyl (C=O) groups excluding carboxylic acids is 1. The lowest BCUT2D eigenvalue weighted by Gasteiger charge is -2.26. The zero-order chi connectivity index (χ0) is 16.1. The summed E-state index contributed by atoms with van der Waals surface area (Å²) in [6, 6.07) is 13.3. The van der Waals surface area contributed by atoms with Gasteiger partial charge in [0.05, 0.1) is 13.2 Å². The Morgan fingerprint density at radius 3 is 2.35 bits per heavy atom. The molecular formula is C18H19FN2O2. The van der Waals surface area contributed by atoms with Crippen molar-refractivity contribution in [1.82, 2.24) is 4.90 Å². The number of carbonyl (C=O) groups is 1. The SMILES string of the molecule is O=C(Nc1ccc(F)cc1)c1ccc(CN2CCOCC2)cc1. The second-order valence-corrected chi connectivity index (χ2v) is 5.55. The van der Waals surface area contributed by atoms with Gasteiger partial charge in [-0.2, -0.15) is 0 Å². The van der Waals surface area contributed by atoms with Crippen LogP contribution in [-0.4, -0.2) is 37.1 Å². The van der Waals surface area contributed by atoms with Crippen molar-refractivity contribution < 1.29 is 13.9 Å². The van der Waals surface area contributed by atoms with Gasteiger partial charge in [-0.3, -0.25) is 9.69 Å². The molecule has 4 nitrogen and oxygen atoms in total. The molecule has 3 rings (SSSR count). The molecule has 0 atom stereocenters. The second kappa shape index (κ2) is 7.35. The van der Waals surface area contributed by atoms with E-state index in [4.69, 9.17) is 4.74 Å². The van der Waals surface area contributed by atoms with Crippen molar-refractivity contribution in [2.45, 2.75) is 6.54 Å². The Morgan fingerprint density at radius 1 is 1.04 bits per heavy atom. The van der Waals surface area contributed by atoms with Crippen molar-refractivity contribution in [2.24, 2.45) is 0 Å². The molecule has 1 aliphatic heterocycles. The van der Waals surface area contributed by atoms with Crippen molar-refractivity contribution in [3.8, 4) is 0 Å². The van der Waals surface area contributed by atoms with Crippen molar-refractivity contribution >= 4 is 11.6 Å². The lowest BCUT2D eigenvalue weighted by Crippen LogP contribution is -2.35. The quantitative estimate of drug-likeness (QED) is 0.943. The molecule has 1 aliphatic rings. The predicted molar refractivity (Wildman–Crippen MR) is 86.9 cm³/mol. The van der Waals surface area contributed by atoms with E-state index in [2.05, 4.69) is 10.2 Å². The Balaban J connectivity index is 1.59. The van der Waals surface area contributed by atoms with Crippen molar-refractivity contribution in [2.75, 3.05) is 31.6 Å². The highest BCUT2D eigenvalue weighted by atomic mass is 19.1. The van der Waals surface area contributed by atoms with Gasteiger partial charge in [0.25, 0.3) is 5.91 Å². The molecule has 1 heterocycles. The minimum atomic E-state index is -0.324. The summed E-state index contributed by atoms with van der Waals surface area (Å²) in [5, 5.41) is 2.75. The van der Waals surface area contributed by atoms with E-state index in [1.165, 1.54) is 17.7 Å². The highest BCUT2D eigenvalue weighted by Gasteiger charge is 2.11. The van der Waals surface area contributed by atoms with Crippen LogP contribution in [0.1, 0.15) is 15.9 Å². The van der Waals surface area contributed by atoms with Gasteiger partial charge < -0.3 is 10.1 Å². The Labute approximate surface area is 134 Å². The molecular weight excluding hydrogens is 295 g/mol. The Bertz CT molecular complexity index is 650. The number of ether oxygens (including phenoxy) is 1. The molecule has 2 aromatic carbocycles. The molecule has 1 N–H and O–H groups in total. The summed E-state index contributed by atoms with van der Waals surface area (Å²) in [5.41, 5.74) is 2.33. The lowest BCUT2D eigenvalue weighted by molar-refractivity contribution is 0.0342. The summed E-state index contributed by atoms with van der Waals surface area (Å²) in [4.78, 5) is 14.5. The maximum absolute atomic E-state index is 12.9. The summed E-state index contributed by atoms with van der Waals surface area (Å²) in [7, 11) is 0. The summed E-state index contributed by atoms with van der Waals surface area (Å²) in [6.45, 7) is 4.29. The van der Waals surface area contributed by atoms with Crippen LogP contribution < -0.4 is 5.32 Å². The Kier molecular flexibility index (Phi) is 5.00. The van der Waals surface area contributed by atoms with Crippen molar-refractivity contribution in [1.29, 1.82) is 0 Å². The van der Waals surface area contributed by atoms with Crippen LogP contribution in [0.2, 0.25) is 0 Å². The molecule has 0 unspecified atom stereocenters. The van der Waals surface area contributed by atoms with E-state index in [9.17, 15) is 9.18 Å². The van der Waals surface area contributed by atoms with Crippen LogP contribution in [0, 0.1) is 5.82 Å². The molecule has 1 fully saturated rings. The average Bonchev–Trinajstić information content (AvgIpc) is 2.58. The zero-order valence-corrected chi connectivity index (χ0v) is 12.8. The van der Waals surface area contributed by atoms with E-state index in [1.54, 1.807) is 12.1 Å². The van der Waals surface area contributed by atoms with Gasteiger partial charge in [-0.05, 0) is 42.0 Å². The van der Waals surface area contributed by atoms with Gasteiger partial charge in [0.15, 0.2) is 0 Å². The van der Waals surface area contributed by atoms with Crippen LogP contribution in [0.4, 0.5) is 10.1 Å². The molecule has 0 spiro atoms. The molecule has 5 heteroatoms. The molecule has 0 bridgehead atoms. The third kappa shape index (κ3) is 4.37. The fraction of sp³-hybridized carbons (Fsp3) is 0.278. The maximum atomic E-state index is 12.9.